The zero-order valence-electron chi connectivity index (χ0n) is 14.8. The number of carbonyl (C=O) groups excluding carboxylic acids is 1. The standard InChI is InChI=1S/C21H20FNO2/c1-20(2)17-10-14(22)6-8-16(17)18(23-21(20,3)4)12-5-7-15-13(9-12)11-25-19(15)24/h5-10H,11H2,1-4H3. The monoisotopic (exact) mass is 337 g/mol. The minimum atomic E-state index is -0.394. The molecule has 2 heterocycles. The summed E-state index contributed by atoms with van der Waals surface area (Å²) in [5, 5.41) is 0. The minimum Gasteiger partial charge on any atom is -0.457 e. The van der Waals surface area contributed by atoms with E-state index in [0.29, 0.717) is 12.2 Å². The predicted octanol–water partition coefficient (Wildman–Crippen LogP) is 4.40. The summed E-state index contributed by atoms with van der Waals surface area (Å²) in [6, 6.07) is 10.5. The number of hydrogen-bond donors (Lipinski definition) is 0. The van der Waals surface area contributed by atoms with Crippen LogP contribution in [0.25, 0.3) is 0 Å². The van der Waals surface area contributed by atoms with Crippen LogP contribution in [0.2, 0.25) is 0 Å². The number of nitrogens with zero attached hydrogens (tertiary/aromatic N) is 1. The summed E-state index contributed by atoms with van der Waals surface area (Å²) in [5.41, 5.74) is 4.44. The van der Waals surface area contributed by atoms with E-state index in [2.05, 4.69) is 27.7 Å². The molecule has 0 aromatic heterocycles. The first-order valence-corrected chi connectivity index (χ1v) is 8.41. The molecule has 0 radical (unpaired) electrons. The van der Waals surface area contributed by atoms with Crippen molar-refractivity contribution in [2.75, 3.05) is 0 Å². The predicted molar refractivity (Wildman–Crippen MR) is 94.7 cm³/mol. The molecule has 0 fully saturated rings. The van der Waals surface area contributed by atoms with Crippen molar-refractivity contribution in [3.8, 4) is 0 Å². The van der Waals surface area contributed by atoms with Gasteiger partial charge in [-0.2, -0.15) is 0 Å². The van der Waals surface area contributed by atoms with Crippen LogP contribution in [0.5, 0.6) is 0 Å². The van der Waals surface area contributed by atoms with Crippen molar-refractivity contribution in [2.24, 2.45) is 4.99 Å². The van der Waals surface area contributed by atoms with E-state index in [1.165, 1.54) is 6.07 Å². The van der Waals surface area contributed by atoms with Crippen LogP contribution in [0, 0.1) is 5.82 Å². The Morgan fingerprint density at radius 2 is 1.76 bits per heavy atom. The van der Waals surface area contributed by atoms with Gasteiger partial charge in [0.15, 0.2) is 0 Å². The normalized spacial score (nSPS) is 19.7. The van der Waals surface area contributed by atoms with E-state index >= 15 is 0 Å². The molecule has 2 aliphatic rings. The molecule has 2 aromatic rings. The third kappa shape index (κ3) is 2.24. The Bertz CT molecular complexity index is 941. The van der Waals surface area contributed by atoms with Crippen LogP contribution in [-0.4, -0.2) is 17.2 Å². The highest BCUT2D eigenvalue weighted by atomic mass is 19.1. The van der Waals surface area contributed by atoms with E-state index in [-0.39, 0.29) is 17.2 Å². The Balaban J connectivity index is 1.94. The van der Waals surface area contributed by atoms with Gasteiger partial charge in [-0.25, -0.2) is 9.18 Å². The molecule has 3 nitrogen and oxygen atoms in total. The van der Waals surface area contributed by atoms with Crippen LogP contribution in [0.15, 0.2) is 41.4 Å². The maximum Gasteiger partial charge on any atom is 0.338 e. The van der Waals surface area contributed by atoms with Crippen molar-refractivity contribution in [3.63, 3.8) is 0 Å². The van der Waals surface area contributed by atoms with Crippen LogP contribution in [0.4, 0.5) is 4.39 Å². The summed E-state index contributed by atoms with van der Waals surface area (Å²) in [6.45, 7) is 8.63. The molecular formula is C21H20FNO2. The van der Waals surface area contributed by atoms with Gasteiger partial charge in [-0.1, -0.05) is 19.9 Å². The van der Waals surface area contributed by atoms with Gasteiger partial charge in [0, 0.05) is 22.1 Å². The van der Waals surface area contributed by atoms with E-state index in [9.17, 15) is 9.18 Å². The fourth-order valence-electron chi connectivity index (χ4n) is 3.55. The lowest BCUT2D eigenvalue weighted by atomic mass is 9.65. The zero-order chi connectivity index (χ0) is 18.0. The van der Waals surface area contributed by atoms with Gasteiger partial charge in [0.05, 0.1) is 16.8 Å². The molecule has 0 bridgehead atoms. The first-order valence-electron chi connectivity index (χ1n) is 8.41. The number of halogens is 1. The van der Waals surface area contributed by atoms with Gasteiger partial charge in [0.25, 0.3) is 0 Å². The highest BCUT2D eigenvalue weighted by Crippen LogP contribution is 2.44. The smallest absolute Gasteiger partial charge is 0.338 e. The topological polar surface area (TPSA) is 38.7 Å². The summed E-state index contributed by atoms with van der Waals surface area (Å²) < 4.78 is 19.0. The number of cyclic esters (lactones) is 1. The number of aliphatic imine (C=N–C) groups is 1. The molecule has 25 heavy (non-hydrogen) atoms. The van der Waals surface area contributed by atoms with Crippen molar-refractivity contribution in [1.29, 1.82) is 0 Å². The third-order valence-corrected chi connectivity index (χ3v) is 5.79. The van der Waals surface area contributed by atoms with Crippen molar-refractivity contribution >= 4 is 11.7 Å². The third-order valence-electron chi connectivity index (χ3n) is 5.79. The number of rotatable bonds is 1. The van der Waals surface area contributed by atoms with Crippen LogP contribution < -0.4 is 0 Å². The van der Waals surface area contributed by atoms with Crippen LogP contribution >= 0.6 is 0 Å². The van der Waals surface area contributed by atoms with E-state index in [1.807, 2.05) is 12.1 Å². The Morgan fingerprint density at radius 1 is 1.04 bits per heavy atom. The van der Waals surface area contributed by atoms with Gasteiger partial charge in [0.2, 0.25) is 0 Å². The average molecular weight is 337 g/mol. The first-order chi connectivity index (χ1) is 11.7. The molecule has 0 amide bonds. The van der Waals surface area contributed by atoms with Gasteiger partial charge >= 0.3 is 5.97 Å². The van der Waals surface area contributed by atoms with E-state index < -0.39 is 5.54 Å². The van der Waals surface area contributed by atoms with E-state index in [4.69, 9.17) is 9.73 Å². The molecular weight excluding hydrogens is 317 g/mol. The number of ether oxygens (including phenoxy) is 1. The van der Waals surface area contributed by atoms with E-state index in [0.717, 1.165) is 28.0 Å². The highest BCUT2D eigenvalue weighted by Gasteiger charge is 2.44. The summed E-state index contributed by atoms with van der Waals surface area (Å²) in [4.78, 5) is 16.7. The van der Waals surface area contributed by atoms with Gasteiger partial charge in [-0.05, 0) is 49.7 Å². The second-order valence-corrected chi connectivity index (χ2v) is 7.78. The molecule has 0 saturated carbocycles. The van der Waals surface area contributed by atoms with Gasteiger partial charge < -0.3 is 4.74 Å². The number of hydrogen-bond acceptors (Lipinski definition) is 3. The van der Waals surface area contributed by atoms with E-state index in [1.54, 1.807) is 18.2 Å². The summed E-state index contributed by atoms with van der Waals surface area (Å²) >= 11 is 0. The first kappa shape index (κ1) is 16.0. The van der Waals surface area contributed by atoms with Crippen LogP contribution in [0.3, 0.4) is 0 Å². The number of esters is 1. The minimum absolute atomic E-state index is 0.239. The summed E-state index contributed by atoms with van der Waals surface area (Å²) in [6.07, 6.45) is 0. The maximum absolute atomic E-state index is 13.9. The summed E-state index contributed by atoms with van der Waals surface area (Å²) in [5.74, 6) is -0.520. The van der Waals surface area contributed by atoms with Crippen molar-refractivity contribution in [1.82, 2.24) is 0 Å². The second-order valence-electron chi connectivity index (χ2n) is 7.78. The molecule has 0 N–H and O–H groups in total. The van der Waals surface area contributed by atoms with Gasteiger partial charge in [-0.3, -0.25) is 4.99 Å². The van der Waals surface area contributed by atoms with Gasteiger partial charge in [-0.15, -0.1) is 0 Å². The number of carbonyl (C=O) groups is 1. The molecule has 4 heteroatoms. The average Bonchev–Trinajstić information content (AvgIpc) is 2.92. The molecule has 0 atom stereocenters. The molecule has 2 aromatic carbocycles. The Labute approximate surface area is 146 Å². The molecule has 0 unspecified atom stereocenters. The second kappa shape index (κ2) is 5.01. The quantitative estimate of drug-likeness (QED) is 0.723. The molecule has 0 aliphatic carbocycles. The van der Waals surface area contributed by atoms with Crippen molar-refractivity contribution in [3.05, 3.63) is 70.0 Å². The Hall–Kier alpha value is -2.49. The maximum atomic E-state index is 13.9. The van der Waals surface area contributed by atoms with Gasteiger partial charge in [0.1, 0.15) is 12.4 Å². The lowest BCUT2D eigenvalue weighted by molar-refractivity contribution is 0.0535. The van der Waals surface area contributed by atoms with Crippen molar-refractivity contribution in [2.45, 2.75) is 45.3 Å². The largest absolute Gasteiger partial charge is 0.457 e. The highest BCUT2D eigenvalue weighted by molar-refractivity contribution is 6.15. The van der Waals surface area contributed by atoms with Crippen LogP contribution in [-0.2, 0) is 16.8 Å². The SMILES string of the molecule is CC1(C)N=C(c2ccc3c(c2)COC3=O)c2ccc(F)cc2C1(C)C. The van der Waals surface area contributed by atoms with Crippen LogP contribution in [0.1, 0.15) is 60.3 Å². The molecule has 0 spiro atoms. The molecule has 2 aliphatic heterocycles. The molecule has 4 rings (SSSR count). The lowest BCUT2D eigenvalue weighted by Gasteiger charge is -2.44. The fraction of sp³-hybridized carbons (Fsp3) is 0.333. The number of fused-ring (bicyclic) bond motifs is 2. The molecule has 128 valence electrons. The number of benzene rings is 2. The molecule has 0 saturated heterocycles. The fourth-order valence-corrected chi connectivity index (χ4v) is 3.55. The zero-order valence-corrected chi connectivity index (χ0v) is 14.8. The Kier molecular flexibility index (Phi) is 3.21. The van der Waals surface area contributed by atoms with Crippen molar-refractivity contribution < 1.29 is 13.9 Å². The summed E-state index contributed by atoms with van der Waals surface area (Å²) in [7, 11) is 0. The Morgan fingerprint density at radius 3 is 2.52 bits per heavy atom. The lowest BCUT2D eigenvalue weighted by Crippen LogP contribution is -2.46.